The van der Waals surface area contributed by atoms with E-state index >= 15 is 0 Å². The van der Waals surface area contributed by atoms with Gasteiger partial charge in [-0.05, 0) is 69.4 Å². The van der Waals surface area contributed by atoms with Gasteiger partial charge < -0.3 is 4.42 Å². The highest BCUT2D eigenvalue weighted by atomic mass is 16.4. The average Bonchev–Trinajstić information content (AvgIpc) is 3.00. The van der Waals surface area contributed by atoms with Crippen LogP contribution in [0.2, 0.25) is 0 Å². The van der Waals surface area contributed by atoms with Crippen LogP contribution in [0.5, 0.6) is 0 Å². The van der Waals surface area contributed by atoms with Crippen LogP contribution in [0.25, 0.3) is 11.0 Å². The van der Waals surface area contributed by atoms with Gasteiger partial charge in [0.2, 0.25) is 0 Å². The lowest BCUT2D eigenvalue weighted by Gasteiger charge is -2.32. The van der Waals surface area contributed by atoms with Crippen LogP contribution in [0.3, 0.4) is 0 Å². The molecule has 124 valence electrons. The van der Waals surface area contributed by atoms with Gasteiger partial charge >= 0.3 is 5.63 Å². The number of aryl methyl sites for hydroxylation is 2. The molecule has 1 saturated carbocycles. The molecule has 1 aromatic carbocycles. The predicted octanol–water partition coefficient (Wildman–Crippen LogP) is 4.56. The Hall–Kier alpha value is -1.61. The second kappa shape index (κ2) is 6.48. The van der Waals surface area contributed by atoms with Crippen LogP contribution < -0.4 is 5.63 Å². The molecule has 0 bridgehead atoms. The van der Waals surface area contributed by atoms with E-state index in [9.17, 15) is 4.79 Å². The van der Waals surface area contributed by atoms with Gasteiger partial charge in [0.05, 0.1) is 0 Å². The van der Waals surface area contributed by atoms with Crippen molar-refractivity contribution in [3.05, 3.63) is 45.3 Å². The minimum atomic E-state index is -0.245. The molecule has 0 unspecified atom stereocenters. The lowest BCUT2D eigenvalue weighted by Crippen LogP contribution is -2.38. The summed E-state index contributed by atoms with van der Waals surface area (Å²) < 4.78 is 5.43. The zero-order valence-corrected chi connectivity index (χ0v) is 14.7. The molecule has 3 heteroatoms. The molecule has 1 heterocycles. The maximum absolute atomic E-state index is 12.0. The van der Waals surface area contributed by atoms with Crippen LogP contribution in [0.15, 0.2) is 27.4 Å². The minimum absolute atomic E-state index is 0.245. The Morgan fingerprint density at radius 1 is 1.13 bits per heavy atom. The molecule has 1 fully saturated rings. The minimum Gasteiger partial charge on any atom is -0.423 e. The topological polar surface area (TPSA) is 33.5 Å². The first kappa shape index (κ1) is 16.3. The third kappa shape index (κ3) is 3.35. The van der Waals surface area contributed by atoms with Crippen molar-refractivity contribution < 1.29 is 4.42 Å². The smallest absolute Gasteiger partial charge is 0.336 e. The van der Waals surface area contributed by atoms with E-state index < -0.39 is 0 Å². The van der Waals surface area contributed by atoms with Gasteiger partial charge in [0.1, 0.15) is 5.58 Å². The Kier molecular flexibility index (Phi) is 4.58. The first-order valence-electron chi connectivity index (χ1n) is 8.75. The van der Waals surface area contributed by atoms with Gasteiger partial charge in [-0.25, -0.2) is 4.79 Å². The summed E-state index contributed by atoms with van der Waals surface area (Å²) in [6.07, 6.45) is 5.19. The van der Waals surface area contributed by atoms with E-state index in [1.54, 1.807) is 6.07 Å². The zero-order chi connectivity index (χ0) is 16.6. The number of fused-ring (bicyclic) bond motifs is 1. The second-order valence-electron chi connectivity index (χ2n) is 7.23. The van der Waals surface area contributed by atoms with Crippen molar-refractivity contribution >= 4 is 11.0 Å². The number of hydrogen-bond acceptors (Lipinski definition) is 3. The van der Waals surface area contributed by atoms with Gasteiger partial charge in [-0.15, -0.1) is 0 Å². The average molecular weight is 313 g/mol. The Bertz CT molecular complexity index is 754. The van der Waals surface area contributed by atoms with Gasteiger partial charge in [-0.3, -0.25) is 4.90 Å². The number of hydrogen-bond donors (Lipinski definition) is 0. The molecule has 1 aliphatic rings. The molecule has 1 aromatic heterocycles. The lowest BCUT2D eigenvalue weighted by molar-refractivity contribution is 0.146. The highest BCUT2D eigenvalue weighted by molar-refractivity contribution is 5.81. The van der Waals surface area contributed by atoms with Crippen LogP contribution in [0.1, 0.15) is 56.2 Å². The van der Waals surface area contributed by atoms with E-state index in [-0.39, 0.29) is 5.63 Å². The van der Waals surface area contributed by atoms with Gasteiger partial charge in [-0.1, -0.05) is 12.8 Å². The molecule has 1 aliphatic carbocycles. The van der Waals surface area contributed by atoms with Crippen molar-refractivity contribution in [1.82, 2.24) is 4.90 Å². The maximum atomic E-state index is 12.0. The molecule has 0 spiro atoms. The van der Waals surface area contributed by atoms with Crippen LogP contribution >= 0.6 is 0 Å². The number of benzene rings is 1. The van der Waals surface area contributed by atoms with E-state index in [0.717, 1.165) is 23.1 Å². The van der Waals surface area contributed by atoms with E-state index in [0.29, 0.717) is 17.7 Å². The molecule has 0 aliphatic heterocycles. The summed E-state index contributed by atoms with van der Waals surface area (Å²) in [5.74, 6) is 0. The first-order valence-corrected chi connectivity index (χ1v) is 8.75. The molecule has 0 amide bonds. The van der Waals surface area contributed by atoms with E-state index in [2.05, 4.69) is 38.7 Å². The van der Waals surface area contributed by atoms with Crippen LogP contribution in [0.4, 0.5) is 0 Å². The second-order valence-corrected chi connectivity index (χ2v) is 7.23. The number of nitrogens with zero attached hydrogens (tertiary/aromatic N) is 1. The molecule has 0 atom stereocenters. The fraction of sp³-hybridized carbons (Fsp3) is 0.550. The van der Waals surface area contributed by atoms with Crippen LogP contribution in [-0.2, 0) is 6.54 Å². The molecular formula is C20H27NO2. The monoisotopic (exact) mass is 313 g/mol. The van der Waals surface area contributed by atoms with E-state index in [1.165, 1.54) is 31.2 Å². The fourth-order valence-corrected chi connectivity index (χ4v) is 3.78. The van der Waals surface area contributed by atoms with Crippen molar-refractivity contribution in [3.8, 4) is 0 Å². The highest BCUT2D eigenvalue weighted by Gasteiger charge is 2.25. The Morgan fingerprint density at radius 3 is 2.43 bits per heavy atom. The molecule has 23 heavy (non-hydrogen) atoms. The fourth-order valence-electron chi connectivity index (χ4n) is 3.78. The Balaban J connectivity index is 2.03. The standard InChI is InChI=1S/C20H27NO2/c1-13(2)21(17-7-5-6-8-17)12-16-11-20(22)23-19-10-15(4)14(3)9-18(16)19/h9-11,13,17H,5-8,12H2,1-4H3. The summed E-state index contributed by atoms with van der Waals surface area (Å²) in [5, 5.41) is 1.08. The van der Waals surface area contributed by atoms with Crippen LogP contribution in [0, 0.1) is 13.8 Å². The van der Waals surface area contributed by atoms with Crippen molar-refractivity contribution in [3.63, 3.8) is 0 Å². The number of rotatable bonds is 4. The van der Waals surface area contributed by atoms with Gasteiger partial charge in [0.15, 0.2) is 0 Å². The van der Waals surface area contributed by atoms with Gasteiger partial charge in [0, 0.05) is 30.1 Å². The molecular weight excluding hydrogens is 286 g/mol. The summed E-state index contributed by atoms with van der Waals surface area (Å²) in [4.78, 5) is 14.5. The Morgan fingerprint density at radius 2 is 1.78 bits per heavy atom. The molecule has 0 saturated heterocycles. The van der Waals surface area contributed by atoms with Gasteiger partial charge in [0.25, 0.3) is 0 Å². The zero-order valence-electron chi connectivity index (χ0n) is 14.7. The molecule has 0 radical (unpaired) electrons. The third-order valence-electron chi connectivity index (χ3n) is 5.25. The predicted molar refractivity (Wildman–Crippen MR) is 94.9 cm³/mol. The highest BCUT2D eigenvalue weighted by Crippen LogP contribution is 2.29. The molecule has 3 rings (SSSR count). The van der Waals surface area contributed by atoms with Crippen molar-refractivity contribution in [2.45, 2.75) is 72.0 Å². The molecule has 3 nitrogen and oxygen atoms in total. The molecule has 2 aromatic rings. The van der Waals surface area contributed by atoms with E-state index in [4.69, 9.17) is 4.42 Å². The lowest BCUT2D eigenvalue weighted by atomic mass is 10.0. The molecule has 0 N–H and O–H groups in total. The summed E-state index contributed by atoms with van der Waals surface area (Å²) >= 11 is 0. The summed E-state index contributed by atoms with van der Waals surface area (Å²) in [7, 11) is 0. The summed E-state index contributed by atoms with van der Waals surface area (Å²) in [6.45, 7) is 9.50. The van der Waals surface area contributed by atoms with E-state index in [1.807, 2.05) is 6.07 Å². The van der Waals surface area contributed by atoms with Gasteiger partial charge in [-0.2, -0.15) is 0 Å². The quantitative estimate of drug-likeness (QED) is 0.776. The summed E-state index contributed by atoms with van der Waals surface area (Å²) in [5.41, 5.74) is 3.97. The third-order valence-corrected chi connectivity index (χ3v) is 5.25. The Labute approximate surface area is 138 Å². The normalized spacial score (nSPS) is 16.1. The first-order chi connectivity index (χ1) is 11.0. The van der Waals surface area contributed by atoms with Crippen molar-refractivity contribution in [2.75, 3.05) is 0 Å². The van der Waals surface area contributed by atoms with Crippen LogP contribution in [-0.4, -0.2) is 17.0 Å². The summed E-state index contributed by atoms with van der Waals surface area (Å²) in [6, 6.07) is 6.96. The largest absolute Gasteiger partial charge is 0.423 e. The maximum Gasteiger partial charge on any atom is 0.336 e. The SMILES string of the molecule is Cc1cc2oc(=O)cc(CN(C(C)C)C3CCCC3)c2cc1C. The van der Waals surface area contributed by atoms with Crippen molar-refractivity contribution in [2.24, 2.45) is 0 Å². The van der Waals surface area contributed by atoms with Crippen molar-refractivity contribution in [1.29, 1.82) is 0 Å².